The summed E-state index contributed by atoms with van der Waals surface area (Å²) in [5.41, 5.74) is 7.71. The third-order valence-corrected chi connectivity index (χ3v) is 6.02. The molecule has 0 saturated carbocycles. The van der Waals surface area contributed by atoms with Gasteiger partial charge < -0.3 is 0 Å². The number of hydrogen-bond donors (Lipinski definition) is 0. The minimum absolute atomic E-state index is 0.132. The van der Waals surface area contributed by atoms with Crippen molar-refractivity contribution in [3.8, 4) is 11.1 Å². The molecule has 0 amide bonds. The van der Waals surface area contributed by atoms with Crippen LogP contribution in [0.5, 0.6) is 0 Å². The van der Waals surface area contributed by atoms with Crippen LogP contribution in [0.3, 0.4) is 0 Å². The number of carbonyl (C=O) groups excluding carboxylic acids is 1. The second-order valence-electron chi connectivity index (χ2n) is 7.76. The van der Waals surface area contributed by atoms with E-state index in [4.69, 9.17) is 16.7 Å². The summed E-state index contributed by atoms with van der Waals surface area (Å²) in [6.45, 7) is 4.05. The van der Waals surface area contributed by atoms with Crippen LogP contribution in [0, 0.1) is 13.8 Å². The predicted molar refractivity (Wildman–Crippen MR) is 115 cm³/mol. The summed E-state index contributed by atoms with van der Waals surface area (Å²) in [5, 5.41) is 5.47. The maximum Gasteiger partial charge on any atom is 0.166 e. The Bertz CT molecular complexity index is 1240. The topological polar surface area (TPSA) is 47.3 Å². The Morgan fingerprint density at radius 2 is 1.72 bits per heavy atom. The van der Waals surface area contributed by atoms with Crippen LogP contribution < -0.4 is 0 Å². The highest BCUT2D eigenvalue weighted by molar-refractivity contribution is 6.30. The van der Waals surface area contributed by atoms with Crippen LogP contribution in [0.2, 0.25) is 5.02 Å². The van der Waals surface area contributed by atoms with E-state index in [1.54, 1.807) is 6.20 Å². The normalized spacial score (nSPS) is 16.2. The zero-order valence-corrected chi connectivity index (χ0v) is 17.1. The highest BCUT2D eigenvalue weighted by Gasteiger charge is 2.30. The fourth-order valence-corrected chi connectivity index (χ4v) is 4.36. The van der Waals surface area contributed by atoms with Crippen LogP contribution >= 0.6 is 11.6 Å². The maximum atomic E-state index is 12.9. The van der Waals surface area contributed by atoms with Gasteiger partial charge in [0.05, 0.1) is 17.0 Å². The molecule has 0 spiro atoms. The number of nitrogens with zero attached hydrogens (tertiary/aromatic N) is 3. The van der Waals surface area contributed by atoms with E-state index in [2.05, 4.69) is 36.2 Å². The number of Topliss-reactive ketones (excluding diaryl/α,β-unsaturated/α-hetero) is 1. The second kappa shape index (κ2) is 6.82. The SMILES string of the molecule is Cc1ccc([C@H]2CC(=O)c3cnc4c(-c5ccc(Cl)cc5)c(C)nn4c3C2)cc1. The lowest BCUT2D eigenvalue weighted by atomic mass is 9.82. The molecule has 0 N–H and O–H groups in total. The molecular formula is C24H20ClN3O. The van der Waals surface area contributed by atoms with Gasteiger partial charge in [0.2, 0.25) is 0 Å². The van der Waals surface area contributed by atoms with Gasteiger partial charge in [-0.3, -0.25) is 4.79 Å². The number of aryl methyl sites for hydroxylation is 2. The molecule has 2 aromatic heterocycles. The average molecular weight is 402 g/mol. The molecule has 29 heavy (non-hydrogen) atoms. The quantitative estimate of drug-likeness (QED) is 0.440. The van der Waals surface area contributed by atoms with Gasteiger partial charge in [-0.05, 0) is 49.4 Å². The zero-order valence-electron chi connectivity index (χ0n) is 16.3. The number of aromatic nitrogens is 3. The van der Waals surface area contributed by atoms with Crippen molar-refractivity contribution in [2.45, 2.75) is 32.6 Å². The molecular weight excluding hydrogens is 382 g/mol. The third-order valence-electron chi connectivity index (χ3n) is 5.77. The monoisotopic (exact) mass is 401 g/mol. The number of hydrogen-bond acceptors (Lipinski definition) is 3. The van der Waals surface area contributed by atoms with E-state index in [1.807, 2.05) is 35.7 Å². The number of ketones is 1. The van der Waals surface area contributed by atoms with Crippen molar-refractivity contribution in [1.82, 2.24) is 14.6 Å². The molecule has 5 rings (SSSR count). The van der Waals surface area contributed by atoms with Crippen molar-refractivity contribution >= 4 is 23.0 Å². The Morgan fingerprint density at radius 1 is 1.00 bits per heavy atom. The predicted octanol–water partition coefficient (Wildman–Crippen LogP) is 5.58. The van der Waals surface area contributed by atoms with Gasteiger partial charge in [0.1, 0.15) is 0 Å². The summed E-state index contributed by atoms with van der Waals surface area (Å²) >= 11 is 6.05. The lowest BCUT2D eigenvalue weighted by Gasteiger charge is -2.24. The van der Waals surface area contributed by atoms with Crippen LogP contribution in [0.25, 0.3) is 16.8 Å². The van der Waals surface area contributed by atoms with Crippen LogP contribution in [-0.4, -0.2) is 20.4 Å². The van der Waals surface area contributed by atoms with E-state index in [0.717, 1.165) is 34.6 Å². The fourth-order valence-electron chi connectivity index (χ4n) is 4.23. The standard InChI is InChI=1S/C24H20ClN3O/c1-14-3-5-16(6-4-14)18-11-21-20(22(29)12-18)13-26-24-23(15(2)27-28(21)24)17-7-9-19(25)10-8-17/h3-10,13,18H,11-12H2,1-2H3/t18-/m1/s1. The van der Waals surface area contributed by atoms with E-state index in [9.17, 15) is 4.79 Å². The first-order valence-electron chi connectivity index (χ1n) is 9.74. The van der Waals surface area contributed by atoms with E-state index in [1.165, 1.54) is 11.1 Å². The Labute approximate surface area is 174 Å². The van der Waals surface area contributed by atoms with Crippen molar-refractivity contribution in [3.63, 3.8) is 0 Å². The van der Waals surface area contributed by atoms with Gasteiger partial charge in [0.25, 0.3) is 0 Å². The summed E-state index contributed by atoms with van der Waals surface area (Å²) < 4.78 is 1.87. The molecule has 1 aliphatic rings. The molecule has 0 aliphatic heterocycles. The number of benzene rings is 2. The van der Waals surface area contributed by atoms with E-state index >= 15 is 0 Å². The molecule has 0 unspecified atom stereocenters. The van der Waals surface area contributed by atoms with Crippen LogP contribution in [-0.2, 0) is 6.42 Å². The van der Waals surface area contributed by atoms with Crippen LogP contribution in [0.4, 0.5) is 0 Å². The Balaban J connectivity index is 1.65. The van der Waals surface area contributed by atoms with Crippen LogP contribution in [0.15, 0.2) is 54.7 Å². The zero-order chi connectivity index (χ0) is 20.1. The molecule has 4 nitrogen and oxygen atoms in total. The molecule has 144 valence electrons. The van der Waals surface area contributed by atoms with Gasteiger partial charge >= 0.3 is 0 Å². The van der Waals surface area contributed by atoms with Gasteiger partial charge in [-0.1, -0.05) is 53.6 Å². The third kappa shape index (κ3) is 3.04. The highest BCUT2D eigenvalue weighted by Crippen LogP contribution is 2.35. The van der Waals surface area contributed by atoms with Crippen molar-refractivity contribution in [2.75, 3.05) is 0 Å². The summed E-state index contributed by atoms with van der Waals surface area (Å²) in [6, 6.07) is 16.2. The lowest BCUT2D eigenvalue weighted by molar-refractivity contribution is 0.0962. The summed E-state index contributed by atoms with van der Waals surface area (Å²) in [4.78, 5) is 17.5. The first kappa shape index (κ1) is 18.1. The van der Waals surface area contributed by atoms with E-state index in [-0.39, 0.29) is 11.7 Å². The first-order chi connectivity index (χ1) is 14.0. The summed E-state index contributed by atoms with van der Waals surface area (Å²) in [6.07, 6.45) is 3.00. The number of fused-ring (bicyclic) bond motifs is 3. The Morgan fingerprint density at radius 3 is 2.45 bits per heavy atom. The number of halogens is 1. The van der Waals surface area contributed by atoms with Gasteiger partial charge in [0, 0.05) is 23.2 Å². The van der Waals surface area contributed by atoms with Crippen LogP contribution in [0.1, 0.15) is 45.2 Å². The molecule has 0 radical (unpaired) electrons. The molecule has 5 heteroatoms. The Kier molecular flexibility index (Phi) is 4.25. The van der Waals surface area contributed by atoms with E-state index in [0.29, 0.717) is 17.0 Å². The van der Waals surface area contributed by atoms with Gasteiger partial charge in [-0.15, -0.1) is 0 Å². The van der Waals surface area contributed by atoms with Crippen molar-refractivity contribution in [3.05, 3.63) is 87.8 Å². The highest BCUT2D eigenvalue weighted by atomic mass is 35.5. The lowest BCUT2D eigenvalue weighted by Crippen LogP contribution is -2.22. The van der Waals surface area contributed by atoms with Gasteiger partial charge in [-0.25, -0.2) is 9.50 Å². The minimum Gasteiger partial charge on any atom is -0.294 e. The molecule has 0 fully saturated rings. The summed E-state index contributed by atoms with van der Waals surface area (Å²) in [7, 11) is 0. The first-order valence-corrected chi connectivity index (χ1v) is 10.1. The van der Waals surface area contributed by atoms with Gasteiger partial charge in [0.15, 0.2) is 11.4 Å². The molecule has 2 heterocycles. The molecule has 4 aromatic rings. The maximum absolute atomic E-state index is 12.9. The Hall–Kier alpha value is -2.98. The van der Waals surface area contributed by atoms with Crippen molar-refractivity contribution in [2.24, 2.45) is 0 Å². The van der Waals surface area contributed by atoms with Gasteiger partial charge in [-0.2, -0.15) is 5.10 Å². The number of carbonyl (C=O) groups is 1. The van der Waals surface area contributed by atoms with Crippen molar-refractivity contribution < 1.29 is 4.79 Å². The fraction of sp³-hybridized carbons (Fsp3) is 0.208. The second-order valence-corrected chi connectivity index (χ2v) is 8.20. The molecule has 0 saturated heterocycles. The smallest absolute Gasteiger partial charge is 0.166 e. The minimum atomic E-state index is 0.132. The molecule has 1 atom stereocenters. The van der Waals surface area contributed by atoms with Crippen molar-refractivity contribution in [1.29, 1.82) is 0 Å². The average Bonchev–Trinajstić information content (AvgIpc) is 3.05. The summed E-state index contributed by atoms with van der Waals surface area (Å²) in [5.74, 6) is 0.289. The molecule has 2 aromatic carbocycles. The largest absolute Gasteiger partial charge is 0.294 e. The molecule has 0 bridgehead atoms. The van der Waals surface area contributed by atoms with E-state index < -0.39 is 0 Å². The molecule has 1 aliphatic carbocycles. The number of rotatable bonds is 2.